The van der Waals surface area contributed by atoms with E-state index in [-0.39, 0.29) is 0 Å². The molecule has 0 radical (unpaired) electrons. The first-order chi connectivity index (χ1) is 8.69. The van der Waals surface area contributed by atoms with Crippen LogP contribution in [0.3, 0.4) is 0 Å². The van der Waals surface area contributed by atoms with Crippen LogP contribution in [0.4, 0.5) is 0 Å². The summed E-state index contributed by atoms with van der Waals surface area (Å²) >= 11 is 0. The van der Waals surface area contributed by atoms with Crippen LogP contribution in [0.15, 0.2) is 0 Å². The van der Waals surface area contributed by atoms with E-state index in [9.17, 15) is 4.79 Å². The van der Waals surface area contributed by atoms with Crippen LogP contribution in [0.1, 0.15) is 27.7 Å². The summed E-state index contributed by atoms with van der Waals surface area (Å²) < 4.78 is 28.5. The Morgan fingerprint density at radius 1 is 0.895 bits per heavy atom. The quantitative estimate of drug-likeness (QED) is 0.715. The van der Waals surface area contributed by atoms with E-state index in [1.54, 1.807) is 27.7 Å². The topological polar surface area (TPSA) is 89.2 Å². The summed E-state index contributed by atoms with van der Waals surface area (Å²) in [5, 5.41) is 0. The van der Waals surface area contributed by atoms with Gasteiger partial charge >= 0.3 is 0 Å². The molecule has 3 rings (SSSR count). The fourth-order valence-corrected chi connectivity index (χ4v) is 2.84. The first-order valence-corrected chi connectivity index (χ1v) is 6.35. The highest BCUT2D eigenvalue weighted by Crippen LogP contribution is 2.43. The zero-order valence-electron chi connectivity index (χ0n) is 11.4. The molecular weight excluding hydrogens is 254 g/mol. The molecule has 0 aromatic carbocycles. The second kappa shape index (κ2) is 3.89. The Morgan fingerprint density at radius 3 is 2.05 bits per heavy atom. The van der Waals surface area contributed by atoms with Gasteiger partial charge in [0.05, 0.1) is 0 Å². The van der Waals surface area contributed by atoms with E-state index in [2.05, 4.69) is 0 Å². The Labute approximate surface area is 111 Å². The van der Waals surface area contributed by atoms with Gasteiger partial charge in [0.15, 0.2) is 24.0 Å². The summed E-state index contributed by atoms with van der Waals surface area (Å²) in [7, 11) is 0. The average Bonchev–Trinajstić information content (AvgIpc) is 2.70. The molecule has 3 aliphatic heterocycles. The van der Waals surface area contributed by atoms with Gasteiger partial charge in [0.1, 0.15) is 18.3 Å². The number of amides is 1. The number of ether oxygens (including phenoxy) is 5. The molecule has 2 N–H and O–H groups in total. The second-order valence-corrected chi connectivity index (χ2v) is 5.99. The van der Waals surface area contributed by atoms with Gasteiger partial charge < -0.3 is 29.4 Å². The van der Waals surface area contributed by atoms with Crippen molar-refractivity contribution in [2.75, 3.05) is 0 Å². The normalized spacial score (nSPS) is 46.6. The molecule has 3 heterocycles. The van der Waals surface area contributed by atoms with E-state index < -0.39 is 48.2 Å². The molecule has 3 aliphatic rings. The molecule has 0 spiro atoms. The van der Waals surface area contributed by atoms with Gasteiger partial charge in [-0.3, -0.25) is 4.79 Å². The summed E-state index contributed by atoms with van der Waals surface area (Å²) in [5.41, 5.74) is 5.37. The molecule has 0 aliphatic carbocycles. The fraction of sp³-hybridized carbons (Fsp3) is 0.917. The van der Waals surface area contributed by atoms with Crippen molar-refractivity contribution in [3.05, 3.63) is 0 Å². The highest BCUT2D eigenvalue weighted by atomic mass is 16.9. The lowest BCUT2D eigenvalue weighted by molar-refractivity contribution is -0.230. The number of carbonyl (C=O) groups is 1. The van der Waals surface area contributed by atoms with E-state index in [1.165, 1.54) is 0 Å². The molecule has 0 saturated carbocycles. The molecule has 7 nitrogen and oxygen atoms in total. The third-order valence-electron chi connectivity index (χ3n) is 3.44. The van der Waals surface area contributed by atoms with Crippen molar-refractivity contribution < 1.29 is 28.5 Å². The molecule has 0 bridgehead atoms. The highest BCUT2D eigenvalue weighted by Gasteiger charge is 2.61. The fourth-order valence-electron chi connectivity index (χ4n) is 2.84. The summed E-state index contributed by atoms with van der Waals surface area (Å²) in [6.45, 7) is 7.12. The van der Waals surface area contributed by atoms with Gasteiger partial charge in [-0.1, -0.05) is 0 Å². The lowest BCUT2D eigenvalue weighted by Crippen LogP contribution is -2.58. The minimum absolute atomic E-state index is 0.433. The number of hydrogen-bond donors (Lipinski definition) is 1. The van der Waals surface area contributed by atoms with Gasteiger partial charge in [-0.2, -0.15) is 0 Å². The van der Waals surface area contributed by atoms with Gasteiger partial charge in [-0.15, -0.1) is 0 Å². The van der Waals surface area contributed by atoms with Gasteiger partial charge in [0.25, 0.3) is 0 Å². The number of primary amides is 1. The number of hydrogen-bond acceptors (Lipinski definition) is 6. The van der Waals surface area contributed by atoms with Crippen molar-refractivity contribution in [3.8, 4) is 0 Å². The number of carbonyl (C=O) groups excluding carboxylic acids is 1. The summed E-state index contributed by atoms with van der Waals surface area (Å²) in [6, 6.07) is 0. The van der Waals surface area contributed by atoms with Crippen LogP contribution in [-0.2, 0) is 28.5 Å². The predicted octanol–water partition coefficient (Wildman–Crippen LogP) is -0.132. The molecule has 1 amide bonds. The molecule has 5 atom stereocenters. The molecule has 3 fully saturated rings. The Hall–Kier alpha value is -0.730. The van der Waals surface area contributed by atoms with Crippen LogP contribution in [0.2, 0.25) is 0 Å². The maximum atomic E-state index is 11.5. The number of fused-ring (bicyclic) bond motifs is 3. The molecule has 0 aromatic rings. The summed E-state index contributed by atoms with van der Waals surface area (Å²) in [6.07, 6.45) is -3.02. The Kier molecular flexibility index (Phi) is 2.72. The molecular formula is C12H19NO6. The molecule has 19 heavy (non-hydrogen) atoms. The van der Waals surface area contributed by atoms with Gasteiger partial charge in [0, 0.05) is 0 Å². The smallest absolute Gasteiger partial charge is 0.249 e. The Morgan fingerprint density at radius 2 is 1.42 bits per heavy atom. The van der Waals surface area contributed by atoms with Crippen molar-refractivity contribution >= 4 is 5.91 Å². The van der Waals surface area contributed by atoms with Crippen molar-refractivity contribution in [3.63, 3.8) is 0 Å². The maximum Gasteiger partial charge on any atom is 0.249 e. The molecule has 108 valence electrons. The van der Waals surface area contributed by atoms with Crippen LogP contribution < -0.4 is 5.73 Å². The summed E-state index contributed by atoms with van der Waals surface area (Å²) in [5.74, 6) is -2.19. The molecule has 2 unspecified atom stereocenters. The van der Waals surface area contributed by atoms with Gasteiger partial charge in [0.2, 0.25) is 5.91 Å². The lowest BCUT2D eigenvalue weighted by Gasteiger charge is -2.35. The van der Waals surface area contributed by atoms with Crippen LogP contribution in [0.5, 0.6) is 0 Å². The zero-order chi connectivity index (χ0) is 14.0. The third-order valence-corrected chi connectivity index (χ3v) is 3.44. The van der Waals surface area contributed by atoms with E-state index in [1.807, 2.05) is 0 Å². The Balaban J connectivity index is 1.91. The van der Waals surface area contributed by atoms with E-state index in [0.29, 0.717) is 0 Å². The Bertz CT molecular complexity index is 409. The van der Waals surface area contributed by atoms with Gasteiger partial charge in [-0.25, -0.2) is 0 Å². The van der Waals surface area contributed by atoms with Crippen molar-refractivity contribution in [2.45, 2.75) is 70.0 Å². The van der Waals surface area contributed by atoms with E-state index >= 15 is 0 Å². The van der Waals surface area contributed by atoms with Crippen molar-refractivity contribution in [1.82, 2.24) is 0 Å². The monoisotopic (exact) mass is 273 g/mol. The van der Waals surface area contributed by atoms with Crippen LogP contribution in [0.25, 0.3) is 0 Å². The second-order valence-electron chi connectivity index (χ2n) is 5.99. The predicted molar refractivity (Wildman–Crippen MR) is 61.7 cm³/mol. The minimum Gasteiger partial charge on any atom is -0.367 e. The summed E-state index contributed by atoms with van der Waals surface area (Å²) in [4.78, 5) is 11.5. The van der Waals surface area contributed by atoms with E-state index in [0.717, 1.165) is 0 Å². The van der Waals surface area contributed by atoms with Crippen LogP contribution in [-0.4, -0.2) is 48.2 Å². The van der Waals surface area contributed by atoms with Crippen molar-refractivity contribution in [1.29, 1.82) is 0 Å². The molecule has 3 saturated heterocycles. The average molecular weight is 273 g/mol. The molecule has 0 aromatic heterocycles. The first-order valence-electron chi connectivity index (χ1n) is 6.35. The van der Waals surface area contributed by atoms with Crippen molar-refractivity contribution in [2.24, 2.45) is 5.73 Å². The third kappa shape index (κ3) is 2.15. The maximum absolute atomic E-state index is 11.5. The lowest BCUT2D eigenvalue weighted by atomic mass is 9.99. The molecule has 7 heteroatoms. The number of rotatable bonds is 1. The van der Waals surface area contributed by atoms with Crippen LogP contribution in [0, 0.1) is 0 Å². The highest BCUT2D eigenvalue weighted by molar-refractivity contribution is 5.80. The van der Waals surface area contributed by atoms with E-state index in [4.69, 9.17) is 29.4 Å². The largest absolute Gasteiger partial charge is 0.367 e. The van der Waals surface area contributed by atoms with Crippen LogP contribution >= 0.6 is 0 Å². The number of nitrogens with two attached hydrogens (primary N) is 1. The minimum atomic E-state index is -0.898. The van der Waals surface area contributed by atoms with Gasteiger partial charge in [-0.05, 0) is 27.7 Å². The SMILES string of the molecule is CC1(C)OC2[C@@H](OC(C(N)=O)[C@@H]3OC(C)(C)O[C@H]23)O1. The standard InChI is InChI=1S/C12H19NO6/c1-11(2)16-5-6(17-11)8-10(15-7(5)9(13)14)19-12(3,4)18-8/h5-8,10H,1-4H3,(H2,13,14)/t5-,6+,7?,8?,10+/m1/s1. The first kappa shape index (κ1) is 13.3. The zero-order valence-corrected chi connectivity index (χ0v) is 11.4.